The largest absolute Gasteiger partial charge is 0.350 e. The van der Waals surface area contributed by atoms with Crippen LogP contribution in [-0.2, 0) is 0 Å². The van der Waals surface area contributed by atoms with Crippen LogP contribution in [0.1, 0.15) is 16.9 Å². The van der Waals surface area contributed by atoms with E-state index in [0.29, 0.717) is 10.7 Å². The lowest BCUT2D eigenvalue weighted by Gasteiger charge is -2.09. The fourth-order valence-corrected chi connectivity index (χ4v) is 2.43. The zero-order valence-electron chi connectivity index (χ0n) is 9.79. The fourth-order valence-electron chi connectivity index (χ4n) is 2.26. The van der Waals surface area contributed by atoms with Gasteiger partial charge in [-0.25, -0.2) is 0 Å². The van der Waals surface area contributed by atoms with Crippen LogP contribution in [0.15, 0.2) is 24.3 Å². The summed E-state index contributed by atoms with van der Waals surface area (Å²) in [7, 11) is 0. The molecule has 1 atom stereocenters. The van der Waals surface area contributed by atoms with Crippen LogP contribution in [0.25, 0.3) is 10.9 Å². The van der Waals surface area contributed by atoms with Crippen molar-refractivity contribution in [1.29, 1.82) is 0 Å². The molecule has 0 saturated carbocycles. The van der Waals surface area contributed by atoms with Gasteiger partial charge in [-0.1, -0.05) is 17.7 Å². The van der Waals surface area contributed by atoms with E-state index in [9.17, 15) is 4.79 Å². The first-order valence-corrected chi connectivity index (χ1v) is 6.40. The Morgan fingerprint density at radius 2 is 2.28 bits per heavy atom. The standard InChI is InChI=1S/C13H14ClN3O/c14-9-2-1-8-5-12(17-11(8)6-9)13(18)16-10-3-4-15-7-10/h1-2,5-6,10,15,17H,3-4,7H2,(H,16,18)/t10-/m1/s1. The van der Waals surface area contributed by atoms with Gasteiger partial charge in [-0.05, 0) is 31.2 Å². The van der Waals surface area contributed by atoms with Crippen LogP contribution < -0.4 is 10.6 Å². The Bertz CT molecular complexity index is 587. The Balaban J connectivity index is 1.82. The molecule has 18 heavy (non-hydrogen) atoms. The summed E-state index contributed by atoms with van der Waals surface area (Å²) in [5.74, 6) is -0.0592. The van der Waals surface area contributed by atoms with Crippen molar-refractivity contribution in [2.75, 3.05) is 13.1 Å². The van der Waals surface area contributed by atoms with E-state index >= 15 is 0 Å². The van der Waals surface area contributed by atoms with Gasteiger partial charge in [-0.2, -0.15) is 0 Å². The predicted octanol–water partition coefficient (Wildman–Crippen LogP) is 1.91. The van der Waals surface area contributed by atoms with Crippen LogP contribution in [0.5, 0.6) is 0 Å². The average molecular weight is 264 g/mol. The zero-order chi connectivity index (χ0) is 12.5. The maximum absolute atomic E-state index is 12.1. The molecule has 0 unspecified atom stereocenters. The molecule has 1 aliphatic rings. The monoisotopic (exact) mass is 263 g/mol. The number of H-pyrrole nitrogens is 1. The molecule has 94 valence electrons. The molecule has 1 aromatic heterocycles. The number of rotatable bonds is 2. The molecule has 4 nitrogen and oxygen atoms in total. The van der Waals surface area contributed by atoms with Crippen LogP contribution in [0, 0.1) is 0 Å². The Hall–Kier alpha value is -1.52. The van der Waals surface area contributed by atoms with E-state index in [2.05, 4.69) is 15.6 Å². The number of hydrogen-bond donors (Lipinski definition) is 3. The number of fused-ring (bicyclic) bond motifs is 1. The molecular weight excluding hydrogens is 250 g/mol. The second-order valence-corrected chi connectivity index (χ2v) is 5.01. The van der Waals surface area contributed by atoms with Gasteiger partial charge in [-0.3, -0.25) is 4.79 Å². The first-order chi connectivity index (χ1) is 8.72. The van der Waals surface area contributed by atoms with Crippen LogP contribution in [0.2, 0.25) is 5.02 Å². The Labute approximate surface area is 110 Å². The van der Waals surface area contributed by atoms with E-state index < -0.39 is 0 Å². The summed E-state index contributed by atoms with van der Waals surface area (Å²) in [6.07, 6.45) is 0.984. The van der Waals surface area contributed by atoms with E-state index in [0.717, 1.165) is 30.4 Å². The summed E-state index contributed by atoms with van der Waals surface area (Å²) in [5, 5.41) is 7.88. The number of aromatic nitrogens is 1. The second-order valence-electron chi connectivity index (χ2n) is 4.58. The fraction of sp³-hybridized carbons (Fsp3) is 0.308. The molecule has 5 heteroatoms. The number of amides is 1. The number of nitrogens with one attached hydrogen (secondary N) is 3. The first kappa shape index (κ1) is 11.6. The molecule has 1 aromatic carbocycles. The topological polar surface area (TPSA) is 56.9 Å². The molecule has 1 fully saturated rings. The van der Waals surface area contributed by atoms with Gasteiger partial charge in [-0.15, -0.1) is 0 Å². The lowest BCUT2D eigenvalue weighted by molar-refractivity contribution is 0.0936. The Morgan fingerprint density at radius 1 is 1.39 bits per heavy atom. The minimum atomic E-state index is -0.0592. The van der Waals surface area contributed by atoms with Gasteiger partial charge in [0, 0.05) is 28.5 Å². The number of benzene rings is 1. The van der Waals surface area contributed by atoms with E-state index in [4.69, 9.17) is 11.6 Å². The molecular formula is C13H14ClN3O. The summed E-state index contributed by atoms with van der Waals surface area (Å²) in [6.45, 7) is 1.81. The molecule has 3 rings (SSSR count). The molecule has 0 radical (unpaired) electrons. The third kappa shape index (κ3) is 2.21. The molecule has 2 aromatic rings. The van der Waals surface area contributed by atoms with E-state index in [-0.39, 0.29) is 11.9 Å². The summed E-state index contributed by atoms with van der Waals surface area (Å²) in [5.41, 5.74) is 1.47. The van der Waals surface area contributed by atoms with Crippen molar-refractivity contribution in [3.63, 3.8) is 0 Å². The van der Waals surface area contributed by atoms with Crippen molar-refractivity contribution in [3.8, 4) is 0 Å². The normalized spacial score (nSPS) is 19.3. The lowest BCUT2D eigenvalue weighted by Crippen LogP contribution is -2.36. The smallest absolute Gasteiger partial charge is 0.267 e. The quantitative estimate of drug-likeness (QED) is 0.775. The first-order valence-electron chi connectivity index (χ1n) is 6.02. The highest BCUT2D eigenvalue weighted by atomic mass is 35.5. The molecule has 0 aliphatic carbocycles. The van der Waals surface area contributed by atoms with Crippen LogP contribution in [0.3, 0.4) is 0 Å². The number of carbonyl (C=O) groups is 1. The van der Waals surface area contributed by atoms with Crippen LogP contribution in [-0.4, -0.2) is 30.0 Å². The maximum Gasteiger partial charge on any atom is 0.267 e. The van der Waals surface area contributed by atoms with Gasteiger partial charge in [0.1, 0.15) is 5.69 Å². The van der Waals surface area contributed by atoms with Crippen molar-refractivity contribution in [2.24, 2.45) is 0 Å². The van der Waals surface area contributed by atoms with Gasteiger partial charge < -0.3 is 15.6 Å². The third-order valence-corrected chi connectivity index (χ3v) is 3.46. The van der Waals surface area contributed by atoms with Gasteiger partial charge in [0.15, 0.2) is 0 Å². The molecule has 0 bridgehead atoms. The minimum absolute atomic E-state index is 0.0592. The van der Waals surface area contributed by atoms with E-state index in [1.807, 2.05) is 24.3 Å². The van der Waals surface area contributed by atoms with Crippen molar-refractivity contribution in [2.45, 2.75) is 12.5 Å². The van der Waals surface area contributed by atoms with Crippen molar-refractivity contribution < 1.29 is 4.79 Å². The Kier molecular flexibility index (Phi) is 2.97. The highest BCUT2D eigenvalue weighted by Gasteiger charge is 2.18. The number of carbonyl (C=O) groups excluding carboxylic acids is 1. The van der Waals surface area contributed by atoms with Crippen LogP contribution in [0.4, 0.5) is 0 Å². The van der Waals surface area contributed by atoms with Crippen molar-refractivity contribution in [1.82, 2.24) is 15.6 Å². The lowest BCUT2D eigenvalue weighted by atomic mass is 10.2. The highest BCUT2D eigenvalue weighted by Crippen LogP contribution is 2.20. The summed E-state index contributed by atoms with van der Waals surface area (Å²) >= 11 is 5.92. The summed E-state index contributed by atoms with van der Waals surface area (Å²) in [6, 6.07) is 7.63. The third-order valence-electron chi connectivity index (χ3n) is 3.22. The van der Waals surface area contributed by atoms with Gasteiger partial charge in [0.05, 0.1) is 0 Å². The molecule has 1 aliphatic heterocycles. The molecule has 2 heterocycles. The highest BCUT2D eigenvalue weighted by molar-refractivity contribution is 6.31. The molecule has 1 amide bonds. The molecule has 3 N–H and O–H groups in total. The van der Waals surface area contributed by atoms with E-state index in [1.165, 1.54) is 0 Å². The van der Waals surface area contributed by atoms with Gasteiger partial charge >= 0.3 is 0 Å². The molecule has 1 saturated heterocycles. The maximum atomic E-state index is 12.1. The summed E-state index contributed by atoms with van der Waals surface area (Å²) < 4.78 is 0. The van der Waals surface area contributed by atoms with Crippen molar-refractivity contribution >= 4 is 28.4 Å². The van der Waals surface area contributed by atoms with Gasteiger partial charge in [0.2, 0.25) is 0 Å². The van der Waals surface area contributed by atoms with Crippen molar-refractivity contribution in [3.05, 3.63) is 35.0 Å². The van der Waals surface area contributed by atoms with Gasteiger partial charge in [0.25, 0.3) is 5.91 Å². The number of hydrogen-bond acceptors (Lipinski definition) is 2. The minimum Gasteiger partial charge on any atom is -0.350 e. The second kappa shape index (κ2) is 4.63. The zero-order valence-corrected chi connectivity index (χ0v) is 10.6. The average Bonchev–Trinajstić information content (AvgIpc) is 2.96. The number of halogens is 1. The SMILES string of the molecule is O=C(N[C@@H]1CCNC1)c1cc2ccc(Cl)cc2[nH]1. The molecule has 0 spiro atoms. The Morgan fingerprint density at radius 3 is 3.06 bits per heavy atom. The number of aromatic amines is 1. The van der Waals surface area contributed by atoms with E-state index in [1.54, 1.807) is 0 Å². The predicted molar refractivity (Wildman–Crippen MR) is 72.0 cm³/mol. The summed E-state index contributed by atoms with van der Waals surface area (Å²) in [4.78, 5) is 15.1. The van der Waals surface area contributed by atoms with Crippen LogP contribution >= 0.6 is 11.6 Å².